The number of aliphatic hydroxyl groups excluding tert-OH is 1. The molecule has 2 aliphatic heterocycles. The Morgan fingerprint density at radius 2 is 1.96 bits per heavy atom. The molecule has 23 heavy (non-hydrogen) atoms. The first-order chi connectivity index (χ1) is 10.7. The molecule has 0 aromatic rings. The van der Waals surface area contributed by atoms with Gasteiger partial charge in [0.1, 0.15) is 0 Å². The van der Waals surface area contributed by atoms with Gasteiger partial charge in [0.25, 0.3) is 0 Å². The third-order valence-electron chi connectivity index (χ3n) is 7.96. The average Bonchev–Trinajstić information content (AvgIpc) is 2.98. The Kier molecular flexibility index (Phi) is 3.38. The highest BCUT2D eigenvalue weighted by Crippen LogP contribution is 2.68. The van der Waals surface area contributed by atoms with E-state index >= 15 is 0 Å². The Labute approximate surface area is 140 Å². The van der Waals surface area contributed by atoms with Crippen molar-refractivity contribution >= 4 is 0 Å². The third kappa shape index (κ3) is 1.93. The number of hydrogen-bond acceptors (Lipinski definition) is 3. The lowest BCUT2D eigenvalue weighted by atomic mass is 9.52. The fraction of sp³-hybridized carbons (Fsp3) is 0.900. The lowest BCUT2D eigenvalue weighted by Crippen LogP contribution is -2.58. The van der Waals surface area contributed by atoms with E-state index < -0.39 is 5.79 Å². The van der Waals surface area contributed by atoms with Gasteiger partial charge in [0, 0.05) is 24.4 Å². The molecule has 130 valence electrons. The quantitative estimate of drug-likeness (QED) is 0.764. The van der Waals surface area contributed by atoms with E-state index in [9.17, 15) is 10.2 Å². The zero-order chi connectivity index (χ0) is 16.6. The summed E-state index contributed by atoms with van der Waals surface area (Å²) in [7, 11) is 0. The van der Waals surface area contributed by atoms with Crippen molar-refractivity contribution in [2.24, 2.45) is 28.6 Å². The smallest absolute Gasteiger partial charge is 0.172 e. The summed E-state index contributed by atoms with van der Waals surface area (Å²) in [6, 6.07) is 0. The second-order valence-corrected chi connectivity index (χ2v) is 9.45. The summed E-state index contributed by atoms with van der Waals surface area (Å²) in [4.78, 5) is 0. The first-order valence-electron chi connectivity index (χ1n) is 9.48. The number of aliphatic hydroxyl groups is 2. The van der Waals surface area contributed by atoms with Gasteiger partial charge in [-0.1, -0.05) is 38.8 Å². The van der Waals surface area contributed by atoms with Crippen molar-refractivity contribution in [1.29, 1.82) is 0 Å². The Morgan fingerprint density at radius 3 is 2.61 bits per heavy atom. The molecule has 2 bridgehead atoms. The Hall–Kier alpha value is -0.380. The van der Waals surface area contributed by atoms with E-state index in [0.29, 0.717) is 23.7 Å². The van der Waals surface area contributed by atoms with Crippen molar-refractivity contribution in [1.82, 2.24) is 0 Å². The molecule has 0 aromatic heterocycles. The molecule has 3 heteroatoms. The number of allylic oxidation sites excluding steroid dienone is 2. The molecule has 0 aromatic carbocycles. The summed E-state index contributed by atoms with van der Waals surface area (Å²) in [5, 5.41) is 21.1. The molecular weight excluding hydrogens is 288 g/mol. The molecule has 6 atom stereocenters. The number of ether oxygens (including phenoxy) is 1. The van der Waals surface area contributed by atoms with Crippen LogP contribution in [0.1, 0.15) is 66.2 Å². The standard InChI is InChI=1S/C20H32O3/c1-12(2)14-5-6-18(3)7-8-19(4)15(17(14)18)9-16-13(11-21)10-20(19,22)23-16/h12-13,15-16,21-22H,5-11H2,1-4H3/t13-,15+,16+,18+,19+,20+/m0/s1. The lowest BCUT2D eigenvalue weighted by Gasteiger charge is -2.58. The predicted molar refractivity (Wildman–Crippen MR) is 89.7 cm³/mol. The van der Waals surface area contributed by atoms with Gasteiger partial charge in [-0.05, 0) is 49.4 Å². The van der Waals surface area contributed by atoms with Crippen LogP contribution in [-0.2, 0) is 4.74 Å². The molecule has 0 unspecified atom stereocenters. The van der Waals surface area contributed by atoms with Crippen LogP contribution in [0.4, 0.5) is 0 Å². The minimum Gasteiger partial charge on any atom is -0.396 e. The van der Waals surface area contributed by atoms with Crippen LogP contribution >= 0.6 is 0 Å². The van der Waals surface area contributed by atoms with Gasteiger partial charge in [0.15, 0.2) is 5.79 Å². The molecule has 4 aliphatic rings. The zero-order valence-corrected chi connectivity index (χ0v) is 15.1. The highest BCUT2D eigenvalue weighted by atomic mass is 16.6. The Bertz CT molecular complexity index is 553. The molecule has 0 spiro atoms. The van der Waals surface area contributed by atoms with Crippen molar-refractivity contribution in [3.05, 3.63) is 11.1 Å². The topological polar surface area (TPSA) is 49.7 Å². The molecule has 2 aliphatic carbocycles. The molecule has 3 nitrogen and oxygen atoms in total. The molecule has 0 radical (unpaired) electrons. The zero-order valence-electron chi connectivity index (χ0n) is 15.1. The van der Waals surface area contributed by atoms with Crippen LogP contribution in [0, 0.1) is 28.6 Å². The minimum absolute atomic E-state index is 0.0203. The van der Waals surface area contributed by atoms with E-state index in [2.05, 4.69) is 27.7 Å². The van der Waals surface area contributed by atoms with Gasteiger partial charge < -0.3 is 14.9 Å². The lowest BCUT2D eigenvalue weighted by molar-refractivity contribution is -0.304. The maximum atomic E-state index is 11.4. The highest BCUT2D eigenvalue weighted by molar-refractivity contribution is 5.36. The largest absolute Gasteiger partial charge is 0.396 e. The summed E-state index contributed by atoms with van der Waals surface area (Å²) in [6.07, 6.45) is 6.29. The summed E-state index contributed by atoms with van der Waals surface area (Å²) in [5.74, 6) is 0.0603. The van der Waals surface area contributed by atoms with Gasteiger partial charge in [-0.3, -0.25) is 0 Å². The molecule has 2 heterocycles. The first kappa shape index (κ1) is 16.1. The van der Waals surface area contributed by atoms with E-state index in [0.717, 1.165) is 19.3 Å². The summed E-state index contributed by atoms with van der Waals surface area (Å²) in [5.41, 5.74) is 3.43. The SMILES string of the molecule is CC(C)C1=C2[C@H]3C[C@H]4O[C@](O)(C[C@H]4CO)[C@]3(C)CC[C@@]2(C)CC1. The van der Waals surface area contributed by atoms with Gasteiger partial charge in [0.2, 0.25) is 0 Å². The fourth-order valence-electron chi connectivity index (χ4n) is 6.35. The van der Waals surface area contributed by atoms with Crippen LogP contribution in [0.3, 0.4) is 0 Å². The van der Waals surface area contributed by atoms with Crippen molar-refractivity contribution in [3.63, 3.8) is 0 Å². The van der Waals surface area contributed by atoms with Crippen molar-refractivity contribution < 1.29 is 14.9 Å². The van der Waals surface area contributed by atoms with Gasteiger partial charge >= 0.3 is 0 Å². The molecule has 0 amide bonds. The molecule has 2 saturated heterocycles. The van der Waals surface area contributed by atoms with Gasteiger partial charge in [0.05, 0.1) is 6.10 Å². The third-order valence-corrected chi connectivity index (χ3v) is 7.96. The average molecular weight is 320 g/mol. The van der Waals surface area contributed by atoms with E-state index in [1.165, 1.54) is 12.8 Å². The number of rotatable bonds is 2. The van der Waals surface area contributed by atoms with E-state index in [-0.39, 0.29) is 24.0 Å². The molecule has 3 fully saturated rings. The van der Waals surface area contributed by atoms with E-state index in [1.54, 1.807) is 11.1 Å². The van der Waals surface area contributed by atoms with Gasteiger partial charge in [-0.25, -0.2) is 0 Å². The summed E-state index contributed by atoms with van der Waals surface area (Å²) >= 11 is 0. The second kappa shape index (κ2) is 4.83. The van der Waals surface area contributed by atoms with Gasteiger partial charge in [-0.2, -0.15) is 0 Å². The van der Waals surface area contributed by atoms with Crippen LogP contribution in [0.5, 0.6) is 0 Å². The molecular formula is C20H32O3. The maximum absolute atomic E-state index is 11.4. The van der Waals surface area contributed by atoms with Gasteiger partial charge in [-0.15, -0.1) is 0 Å². The van der Waals surface area contributed by atoms with Crippen LogP contribution in [0.15, 0.2) is 11.1 Å². The van der Waals surface area contributed by atoms with Crippen molar-refractivity contribution in [3.8, 4) is 0 Å². The highest BCUT2D eigenvalue weighted by Gasteiger charge is 2.67. The van der Waals surface area contributed by atoms with Crippen molar-refractivity contribution in [2.45, 2.75) is 78.1 Å². The number of hydrogen-bond donors (Lipinski definition) is 2. The van der Waals surface area contributed by atoms with Crippen LogP contribution < -0.4 is 0 Å². The summed E-state index contributed by atoms with van der Waals surface area (Å²) in [6.45, 7) is 9.46. The monoisotopic (exact) mass is 320 g/mol. The fourth-order valence-corrected chi connectivity index (χ4v) is 6.35. The molecule has 4 rings (SSSR count). The maximum Gasteiger partial charge on any atom is 0.172 e. The Balaban J connectivity index is 1.83. The Morgan fingerprint density at radius 1 is 1.22 bits per heavy atom. The minimum atomic E-state index is -1.05. The summed E-state index contributed by atoms with van der Waals surface area (Å²) < 4.78 is 6.11. The van der Waals surface area contributed by atoms with Crippen LogP contribution in [-0.4, -0.2) is 28.7 Å². The van der Waals surface area contributed by atoms with E-state index in [4.69, 9.17) is 4.74 Å². The predicted octanol–water partition coefficient (Wildman–Crippen LogP) is 3.65. The number of fused-ring (bicyclic) bond motifs is 6. The second-order valence-electron chi connectivity index (χ2n) is 9.45. The van der Waals surface area contributed by atoms with Crippen LogP contribution in [0.25, 0.3) is 0 Å². The molecule has 2 N–H and O–H groups in total. The van der Waals surface area contributed by atoms with Crippen molar-refractivity contribution in [2.75, 3.05) is 6.61 Å². The molecule has 1 saturated carbocycles. The normalized spacial score (nSPS) is 52.0. The van der Waals surface area contributed by atoms with Crippen LogP contribution in [0.2, 0.25) is 0 Å². The van der Waals surface area contributed by atoms with E-state index in [1.807, 2.05) is 0 Å². The first-order valence-corrected chi connectivity index (χ1v) is 9.48.